The number of carbonyl (C=O) groups excluding carboxylic acids is 1. The smallest absolute Gasteiger partial charge is 0.410 e. The molecule has 1 aliphatic heterocycles. The van der Waals surface area contributed by atoms with E-state index in [4.69, 9.17) is 9.47 Å². The maximum absolute atomic E-state index is 14.0. The molecule has 1 amide bonds. The van der Waals surface area contributed by atoms with Gasteiger partial charge < -0.3 is 19.7 Å². The van der Waals surface area contributed by atoms with Gasteiger partial charge in [0, 0.05) is 42.5 Å². The molecule has 1 saturated heterocycles. The van der Waals surface area contributed by atoms with Gasteiger partial charge in [-0.25, -0.2) is 9.18 Å². The summed E-state index contributed by atoms with van der Waals surface area (Å²) in [6, 6.07) is 8.65. The van der Waals surface area contributed by atoms with Crippen LogP contribution < -0.4 is 10.1 Å². The lowest BCUT2D eigenvalue weighted by Gasteiger charge is -2.33. The van der Waals surface area contributed by atoms with Gasteiger partial charge in [0.05, 0.1) is 6.61 Å². The number of thiophene rings is 1. The molecule has 1 atom stereocenters. The Morgan fingerprint density at radius 1 is 1.42 bits per heavy atom. The molecule has 7 heteroatoms. The van der Waals surface area contributed by atoms with Crippen LogP contribution in [0.15, 0.2) is 35.7 Å². The Labute approximate surface area is 156 Å². The molecule has 0 aliphatic carbocycles. The Balaban J connectivity index is 1.52. The van der Waals surface area contributed by atoms with Crippen LogP contribution in [0.2, 0.25) is 0 Å². The summed E-state index contributed by atoms with van der Waals surface area (Å²) in [5.74, 6) is 0.168. The normalized spacial score (nSPS) is 17.2. The fourth-order valence-corrected chi connectivity index (χ4v) is 3.50. The lowest BCUT2D eigenvalue weighted by Crippen LogP contribution is -2.52. The molecule has 0 spiro atoms. The average Bonchev–Trinajstić information content (AvgIpc) is 3.15. The first kappa shape index (κ1) is 18.7. The Morgan fingerprint density at radius 3 is 3.08 bits per heavy atom. The molecule has 0 radical (unpaired) electrons. The van der Waals surface area contributed by atoms with Crippen LogP contribution in [0.4, 0.5) is 9.18 Å². The number of hydrogen-bond donors (Lipinski definition) is 1. The summed E-state index contributed by atoms with van der Waals surface area (Å²) < 4.78 is 25.0. The van der Waals surface area contributed by atoms with Crippen LogP contribution in [0.3, 0.4) is 0 Å². The van der Waals surface area contributed by atoms with Crippen LogP contribution in [0.25, 0.3) is 0 Å². The van der Waals surface area contributed by atoms with Gasteiger partial charge in [-0.05, 0) is 36.6 Å². The second-order valence-electron chi connectivity index (χ2n) is 6.23. The zero-order valence-electron chi connectivity index (χ0n) is 14.7. The SMILES string of the molecule is CC1CNCCN1C(=O)OCc1cc(OCCc2cccs2)ccc1F. The number of hydrogen-bond acceptors (Lipinski definition) is 5. The molecule has 1 aliphatic rings. The highest BCUT2D eigenvalue weighted by molar-refractivity contribution is 7.09. The van der Waals surface area contributed by atoms with Gasteiger partial charge >= 0.3 is 6.09 Å². The number of piperazine rings is 1. The van der Waals surface area contributed by atoms with Crippen LogP contribution >= 0.6 is 11.3 Å². The number of ether oxygens (including phenoxy) is 2. The van der Waals surface area contributed by atoms with Gasteiger partial charge in [0.2, 0.25) is 0 Å². The molecule has 140 valence electrons. The molecular weight excluding hydrogens is 355 g/mol. The first-order chi connectivity index (χ1) is 12.6. The van der Waals surface area contributed by atoms with Gasteiger partial charge in [-0.2, -0.15) is 0 Å². The molecule has 2 aromatic rings. The summed E-state index contributed by atoms with van der Waals surface area (Å²) in [4.78, 5) is 15.1. The zero-order chi connectivity index (χ0) is 18.4. The molecule has 0 bridgehead atoms. The predicted molar refractivity (Wildman–Crippen MR) is 99.1 cm³/mol. The first-order valence-corrected chi connectivity index (χ1v) is 9.59. The minimum atomic E-state index is -0.414. The van der Waals surface area contributed by atoms with Crippen LogP contribution in [0.1, 0.15) is 17.4 Å². The maximum Gasteiger partial charge on any atom is 0.410 e. The number of carbonyl (C=O) groups is 1. The first-order valence-electron chi connectivity index (χ1n) is 8.71. The van der Waals surface area contributed by atoms with Crippen molar-refractivity contribution in [1.29, 1.82) is 0 Å². The molecule has 26 heavy (non-hydrogen) atoms. The van der Waals surface area contributed by atoms with Crippen LogP contribution in [-0.2, 0) is 17.8 Å². The molecule has 1 aromatic carbocycles. The summed E-state index contributed by atoms with van der Waals surface area (Å²) in [6.07, 6.45) is 0.391. The van der Waals surface area contributed by atoms with E-state index >= 15 is 0 Å². The Bertz CT molecular complexity index is 724. The van der Waals surface area contributed by atoms with Crippen molar-refractivity contribution in [1.82, 2.24) is 10.2 Å². The van der Waals surface area contributed by atoms with E-state index in [9.17, 15) is 9.18 Å². The summed E-state index contributed by atoms with van der Waals surface area (Å²) >= 11 is 1.68. The second-order valence-corrected chi connectivity index (χ2v) is 7.26. The monoisotopic (exact) mass is 378 g/mol. The van der Waals surface area contributed by atoms with E-state index < -0.39 is 11.9 Å². The average molecular weight is 378 g/mol. The quantitative estimate of drug-likeness (QED) is 0.837. The number of benzene rings is 1. The summed E-state index contributed by atoms with van der Waals surface area (Å²) in [7, 11) is 0. The van der Waals surface area contributed by atoms with Gasteiger partial charge in [-0.15, -0.1) is 11.3 Å². The van der Waals surface area contributed by atoms with Crippen molar-refractivity contribution >= 4 is 17.4 Å². The second kappa shape index (κ2) is 9.00. The highest BCUT2D eigenvalue weighted by Crippen LogP contribution is 2.19. The van der Waals surface area contributed by atoms with Crippen molar-refractivity contribution < 1.29 is 18.7 Å². The van der Waals surface area contributed by atoms with Crippen molar-refractivity contribution in [3.8, 4) is 5.75 Å². The van der Waals surface area contributed by atoms with Gasteiger partial charge in [-0.3, -0.25) is 0 Å². The molecule has 1 fully saturated rings. The zero-order valence-corrected chi connectivity index (χ0v) is 15.6. The summed E-state index contributed by atoms with van der Waals surface area (Å²) in [5.41, 5.74) is 0.315. The number of halogens is 1. The van der Waals surface area contributed by atoms with Crippen molar-refractivity contribution in [2.75, 3.05) is 26.2 Å². The molecular formula is C19H23FN2O3S. The predicted octanol–water partition coefficient (Wildman–Crippen LogP) is 3.44. The minimum Gasteiger partial charge on any atom is -0.493 e. The number of rotatable bonds is 6. The molecule has 1 unspecified atom stereocenters. The van der Waals surface area contributed by atoms with Crippen LogP contribution in [0.5, 0.6) is 5.75 Å². The Morgan fingerprint density at radius 2 is 2.31 bits per heavy atom. The lowest BCUT2D eigenvalue weighted by atomic mass is 10.2. The van der Waals surface area contributed by atoms with E-state index in [1.807, 2.05) is 18.4 Å². The number of amides is 1. The van der Waals surface area contributed by atoms with Crippen molar-refractivity contribution in [2.24, 2.45) is 0 Å². The van der Waals surface area contributed by atoms with Gasteiger partial charge in [0.1, 0.15) is 18.2 Å². The summed E-state index contributed by atoms with van der Waals surface area (Å²) in [6.45, 7) is 4.43. The standard InChI is InChI=1S/C19H23FN2O3S/c1-14-12-21-7-8-22(14)19(23)25-13-15-11-16(4-5-18(15)20)24-9-6-17-3-2-10-26-17/h2-5,10-11,14,21H,6-9,12-13H2,1H3. The fraction of sp³-hybridized carbons (Fsp3) is 0.421. The summed E-state index contributed by atoms with van der Waals surface area (Å²) in [5, 5.41) is 5.24. The van der Waals surface area contributed by atoms with Crippen molar-refractivity contribution in [3.63, 3.8) is 0 Å². The molecule has 5 nitrogen and oxygen atoms in total. The largest absolute Gasteiger partial charge is 0.493 e. The Kier molecular flexibility index (Phi) is 6.46. The van der Waals surface area contributed by atoms with E-state index in [1.165, 1.54) is 10.9 Å². The topological polar surface area (TPSA) is 50.8 Å². The third kappa shape index (κ3) is 4.95. The minimum absolute atomic E-state index is 0.0630. The third-order valence-corrected chi connectivity index (χ3v) is 5.24. The van der Waals surface area contributed by atoms with Crippen LogP contribution in [-0.4, -0.2) is 43.3 Å². The molecule has 1 aromatic heterocycles. The van der Waals surface area contributed by atoms with Gasteiger partial charge in [0.15, 0.2) is 0 Å². The number of nitrogens with one attached hydrogen (secondary N) is 1. The highest BCUT2D eigenvalue weighted by Gasteiger charge is 2.24. The number of nitrogens with zero attached hydrogens (tertiary/aromatic N) is 1. The van der Waals surface area contributed by atoms with E-state index in [1.54, 1.807) is 28.4 Å². The lowest BCUT2D eigenvalue weighted by molar-refractivity contribution is 0.0751. The van der Waals surface area contributed by atoms with Gasteiger partial charge in [0.25, 0.3) is 0 Å². The van der Waals surface area contributed by atoms with Crippen LogP contribution in [0, 0.1) is 5.82 Å². The molecule has 0 saturated carbocycles. The molecule has 1 N–H and O–H groups in total. The van der Waals surface area contributed by atoms with Crippen molar-refractivity contribution in [3.05, 3.63) is 52.0 Å². The van der Waals surface area contributed by atoms with E-state index in [0.717, 1.165) is 19.5 Å². The van der Waals surface area contributed by atoms with E-state index in [0.29, 0.717) is 24.5 Å². The van der Waals surface area contributed by atoms with E-state index in [2.05, 4.69) is 11.4 Å². The van der Waals surface area contributed by atoms with Gasteiger partial charge in [-0.1, -0.05) is 6.07 Å². The van der Waals surface area contributed by atoms with Crippen molar-refractivity contribution in [2.45, 2.75) is 26.0 Å². The molecule has 2 heterocycles. The Hall–Kier alpha value is -2.12. The van der Waals surface area contributed by atoms with E-state index in [-0.39, 0.29) is 12.6 Å². The fourth-order valence-electron chi connectivity index (χ4n) is 2.81. The maximum atomic E-state index is 14.0. The third-order valence-electron chi connectivity index (χ3n) is 4.30. The molecule has 3 rings (SSSR count). The highest BCUT2D eigenvalue weighted by atomic mass is 32.1.